The van der Waals surface area contributed by atoms with Crippen LogP contribution in [0.1, 0.15) is 39.3 Å². The molecule has 2 amide bonds. The lowest BCUT2D eigenvalue weighted by atomic mass is 10.0. The number of fused-ring (bicyclic) bond motifs is 1. The molecule has 1 aliphatic heterocycles. The second-order valence-corrected chi connectivity index (χ2v) is 7.03. The van der Waals surface area contributed by atoms with E-state index in [-0.39, 0.29) is 17.9 Å². The van der Waals surface area contributed by atoms with Crippen LogP contribution in [0.25, 0.3) is 10.9 Å². The molecule has 1 saturated heterocycles. The van der Waals surface area contributed by atoms with Gasteiger partial charge in [-0.2, -0.15) is 5.10 Å². The zero-order chi connectivity index (χ0) is 18.8. The van der Waals surface area contributed by atoms with Gasteiger partial charge in [-0.25, -0.2) is 0 Å². The van der Waals surface area contributed by atoms with E-state index in [1.807, 2.05) is 48.2 Å². The maximum Gasteiger partial charge on any atom is 0.274 e. The largest absolute Gasteiger partial charge is 0.349 e. The van der Waals surface area contributed by atoms with Crippen LogP contribution < -0.4 is 5.32 Å². The van der Waals surface area contributed by atoms with Crippen LogP contribution in [-0.4, -0.2) is 46.0 Å². The lowest BCUT2D eigenvalue weighted by molar-refractivity contribution is 0.0694. The molecular weight excluding hydrogens is 340 g/mol. The van der Waals surface area contributed by atoms with E-state index in [1.165, 1.54) is 0 Å². The van der Waals surface area contributed by atoms with Crippen LogP contribution in [0.2, 0.25) is 0 Å². The minimum atomic E-state index is -0.0610. The molecule has 4 rings (SSSR count). The van der Waals surface area contributed by atoms with Gasteiger partial charge in [0.25, 0.3) is 11.8 Å². The third-order valence-electron chi connectivity index (χ3n) is 5.07. The number of hydrogen-bond donors (Lipinski definition) is 2. The third kappa shape index (κ3) is 3.56. The molecule has 2 N–H and O–H groups in total. The Balaban J connectivity index is 1.39. The van der Waals surface area contributed by atoms with Gasteiger partial charge >= 0.3 is 0 Å². The molecule has 0 radical (unpaired) electrons. The smallest absolute Gasteiger partial charge is 0.274 e. The molecule has 138 valence electrons. The van der Waals surface area contributed by atoms with Crippen LogP contribution in [0.5, 0.6) is 0 Å². The van der Waals surface area contributed by atoms with Gasteiger partial charge in [-0.3, -0.25) is 14.7 Å². The summed E-state index contributed by atoms with van der Waals surface area (Å²) in [6, 6.07) is 15.2. The van der Waals surface area contributed by atoms with Crippen molar-refractivity contribution < 1.29 is 9.59 Å². The minimum absolute atomic E-state index is 0.0558. The Morgan fingerprint density at radius 3 is 2.59 bits per heavy atom. The van der Waals surface area contributed by atoms with Crippen LogP contribution in [0.3, 0.4) is 0 Å². The lowest BCUT2D eigenvalue weighted by Crippen LogP contribution is -2.46. The van der Waals surface area contributed by atoms with Crippen molar-refractivity contribution in [3.63, 3.8) is 0 Å². The van der Waals surface area contributed by atoms with Crippen molar-refractivity contribution in [3.05, 3.63) is 65.4 Å². The zero-order valence-electron chi connectivity index (χ0n) is 15.2. The fourth-order valence-corrected chi connectivity index (χ4v) is 3.53. The fraction of sp³-hybridized carbons (Fsp3) is 0.286. The van der Waals surface area contributed by atoms with Crippen molar-refractivity contribution in [2.45, 2.75) is 25.8 Å². The van der Waals surface area contributed by atoms with Gasteiger partial charge in [-0.1, -0.05) is 29.8 Å². The molecule has 0 atom stereocenters. The van der Waals surface area contributed by atoms with E-state index in [2.05, 4.69) is 15.5 Å². The first-order chi connectivity index (χ1) is 13.1. The number of aryl methyl sites for hydroxylation is 1. The van der Waals surface area contributed by atoms with E-state index in [4.69, 9.17) is 0 Å². The summed E-state index contributed by atoms with van der Waals surface area (Å²) in [7, 11) is 0. The van der Waals surface area contributed by atoms with Crippen molar-refractivity contribution in [3.8, 4) is 0 Å². The predicted molar refractivity (Wildman–Crippen MR) is 104 cm³/mol. The first-order valence-electron chi connectivity index (χ1n) is 9.22. The molecule has 6 heteroatoms. The molecule has 1 aliphatic rings. The number of nitrogens with one attached hydrogen (secondary N) is 2. The summed E-state index contributed by atoms with van der Waals surface area (Å²) >= 11 is 0. The highest BCUT2D eigenvalue weighted by atomic mass is 16.2. The van der Waals surface area contributed by atoms with E-state index in [9.17, 15) is 9.59 Å². The topological polar surface area (TPSA) is 78.1 Å². The van der Waals surface area contributed by atoms with Crippen LogP contribution in [0, 0.1) is 6.92 Å². The normalized spacial score (nSPS) is 15.1. The molecule has 6 nitrogen and oxygen atoms in total. The summed E-state index contributed by atoms with van der Waals surface area (Å²) in [6.45, 7) is 3.22. The summed E-state index contributed by atoms with van der Waals surface area (Å²) in [6.07, 6.45) is 1.48. The molecular formula is C21H22N4O2. The zero-order valence-corrected chi connectivity index (χ0v) is 15.2. The van der Waals surface area contributed by atoms with Gasteiger partial charge in [-0.05, 0) is 44.0 Å². The maximum atomic E-state index is 12.9. The number of nitrogens with zero attached hydrogens (tertiary/aromatic N) is 2. The summed E-state index contributed by atoms with van der Waals surface area (Å²) in [5, 5.41) is 11.1. The van der Waals surface area contributed by atoms with E-state index < -0.39 is 0 Å². The quantitative estimate of drug-likeness (QED) is 0.752. The molecule has 0 saturated carbocycles. The first kappa shape index (κ1) is 17.3. The van der Waals surface area contributed by atoms with Gasteiger partial charge in [0.1, 0.15) is 0 Å². The number of carbonyl (C=O) groups is 2. The first-order valence-corrected chi connectivity index (χ1v) is 9.22. The number of piperidine rings is 1. The van der Waals surface area contributed by atoms with Gasteiger partial charge in [0.05, 0.1) is 5.52 Å². The molecule has 0 aliphatic carbocycles. The van der Waals surface area contributed by atoms with Crippen molar-refractivity contribution in [2.24, 2.45) is 0 Å². The summed E-state index contributed by atoms with van der Waals surface area (Å²) < 4.78 is 0. The fourth-order valence-electron chi connectivity index (χ4n) is 3.53. The Morgan fingerprint density at radius 2 is 1.85 bits per heavy atom. The number of amides is 2. The Hall–Kier alpha value is -3.15. The number of hydrogen-bond acceptors (Lipinski definition) is 3. The molecule has 3 aromatic rings. The Morgan fingerprint density at radius 1 is 1.11 bits per heavy atom. The second-order valence-electron chi connectivity index (χ2n) is 7.03. The molecule has 2 heterocycles. The maximum absolute atomic E-state index is 12.9. The van der Waals surface area contributed by atoms with Gasteiger partial charge in [0.15, 0.2) is 5.69 Å². The van der Waals surface area contributed by atoms with E-state index in [1.54, 1.807) is 12.1 Å². The van der Waals surface area contributed by atoms with Crippen molar-refractivity contribution in [2.75, 3.05) is 13.1 Å². The van der Waals surface area contributed by atoms with Crippen LogP contribution in [0.4, 0.5) is 0 Å². The number of likely N-dealkylation sites (tertiary alicyclic amines) is 1. The highest BCUT2D eigenvalue weighted by Gasteiger charge is 2.27. The van der Waals surface area contributed by atoms with E-state index in [0.29, 0.717) is 24.3 Å². The van der Waals surface area contributed by atoms with Gasteiger partial charge in [0, 0.05) is 30.1 Å². The number of rotatable bonds is 3. The third-order valence-corrected chi connectivity index (χ3v) is 5.07. The van der Waals surface area contributed by atoms with Crippen LogP contribution >= 0.6 is 0 Å². The molecule has 1 aromatic heterocycles. The van der Waals surface area contributed by atoms with Crippen molar-refractivity contribution >= 4 is 22.7 Å². The SMILES string of the molecule is Cc1ccc2[nH]nc(C(=O)N3CCC(NC(=O)c4ccccc4)CC3)c2c1. The summed E-state index contributed by atoms with van der Waals surface area (Å²) in [5.74, 6) is -0.117. The highest BCUT2D eigenvalue weighted by Crippen LogP contribution is 2.21. The number of H-pyrrole nitrogens is 1. The van der Waals surface area contributed by atoms with Gasteiger partial charge < -0.3 is 10.2 Å². The van der Waals surface area contributed by atoms with Crippen molar-refractivity contribution in [1.82, 2.24) is 20.4 Å². The Bertz CT molecular complexity index is 972. The monoisotopic (exact) mass is 362 g/mol. The Kier molecular flexibility index (Phi) is 4.62. The number of benzene rings is 2. The highest BCUT2D eigenvalue weighted by molar-refractivity contribution is 6.04. The van der Waals surface area contributed by atoms with Crippen LogP contribution in [0.15, 0.2) is 48.5 Å². The minimum Gasteiger partial charge on any atom is -0.349 e. The molecule has 0 bridgehead atoms. The molecule has 0 spiro atoms. The predicted octanol–water partition coefficient (Wildman–Crippen LogP) is 2.91. The number of aromatic amines is 1. The molecule has 27 heavy (non-hydrogen) atoms. The summed E-state index contributed by atoms with van der Waals surface area (Å²) in [5.41, 5.74) is 3.10. The average Bonchev–Trinajstić information content (AvgIpc) is 3.11. The average molecular weight is 362 g/mol. The van der Waals surface area contributed by atoms with Gasteiger partial charge in [-0.15, -0.1) is 0 Å². The van der Waals surface area contributed by atoms with E-state index in [0.717, 1.165) is 29.3 Å². The van der Waals surface area contributed by atoms with Crippen molar-refractivity contribution in [1.29, 1.82) is 0 Å². The lowest BCUT2D eigenvalue weighted by Gasteiger charge is -2.32. The standard InChI is InChI=1S/C21H22N4O2/c1-14-7-8-18-17(13-14)19(24-23-18)21(27)25-11-9-16(10-12-25)22-20(26)15-5-3-2-4-6-15/h2-8,13,16H,9-12H2,1H3,(H,22,26)(H,23,24). The summed E-state index contributed by atoms with van der Waals surface area (Å²) in [4.78, 5) is 27.0. The molecule has 0 unspecified atom stereocenters. The van der Waals surface area contributed by atoms with Gasteiger partial charge in [0.2, 0.25) is 0 Å². The van der Waals surface area contributed by atoms with E-state index >= 15 is 0 Å². The Labute approximate surface area is 157 Å². The van der Waals surface area contributed by atoms with Crippen LogP contribution in [-0.2, 0) is 0 Å². The second kappa shape index (κ2) is 7.23. The molecule has 1 fully saturated rings. The molecule has 2 aromatic carbocycles. The number of carbonyl (C=O) groups excluding carboxylic acids is 2. The number of aromatic nitrogens is 2.